The molecule has 4 atom stereocenters. The Bertz CT molecular complexity index is 695. The number of phenols is 1. The van der Waals surface area contributed by atoms with E-state index in [1.54, 1.807) is 0 Å². The topological polar surface area (TPSA) is 43.7 Å². The molecule has 3 heteroatoms. The highest BCUT2D eigenvalue weighted by Crippen LogP contribution is 2.57. The van der Waals surface area contributed by atoms with Gasteiger partial charge in [-0.25, -0.2) is 0 Å². The van der Waals surface area contributed by atoms with Crippen molar-refractivity contribution in [1.82, 2.24) is 4.90 Å². The minimum atomic E-state index is -0.576. The molecule has 0 aromatic heterocycles. The first kappa shape index (κ1) is 19.3. The van der Waals surface area contributed by atoms with Crippen molar-refractivity contribution in [2.75, 3.05) is 20.1 Å². The predicted molar refractivity (Wildman–Crippen MR) is 114 cm³/mol. The largest absolute Gasteiger partial charge is 0.508 e. The Morgan fingerprint density at radius 2 is 2.04 bits per heavy atom. The van der Waals surface area contributed by atoms with E-state index in [-0.39, 0.29) is 16.7 Å². The van der Waals surface area contributed by atoms with Crippen molar-refractivity contribution < 1.29 is 10.2 Å². The highest BCUT2D eigenvalue weighted by atomic mass is 16.3. The predicted octanol–water partition coefficient (Wildman–Crippen LogP) is 5.12. The number of aryl methyl sites for hydroxylation is 1. The summed E-state index contributed by atoms with van der Waals surface area (Å²) in [5.41, 5.74) is 1.29. The first-order valence-electron chi connectivity index (χ1n) is 11.4. The second kappa shape index (κ2) is 7.75. The number of aliphatic hydroxyl groups is 1. The van der Waals surface area contributed by atoms with Crippen LogP contribution in [0.15, 0.2) is 18.2 Å². The Morgan fingerprint density at radius 3 is 2.59 bits per heavy atom. The summed E-state index contributed by atoms with van der Waals surface area (Å²) in [6, 6.07) is 6.09. The van der Waals surface area contributed by atoms with Gasteiger partial charge in [0.25, 0.3) is 1.43 Å². The summed E-state index contributed by atoms with van der Waals surface area (Å²) < 4.78 is 15.6. The van der Waals surface area contributed by atoms with Crippen molar-refractivity contribution >= 4 is 0 Å². The van der Waals surface area contributed by atoms with Crippen LogP contribution >= 0.6 is 0 Å². The van der Waals surface area contributed by atoms with Gasteiger partial charge in [-0.15, -0.1) is 0 Å². The zero-order valence-electron chi connectivity index (χ0n) is 20.7. The molecule has 1 saturated carbocycles. The van der Waals surface area contributed by atoms with E-state index in [0.29, 0.717) is 11.7 Å². The molecule has 2 rings (SSSR count). The average Bonchev–Trinajstić information content (AvgIpc) is 2.70. The minimum Gasteiger partial charge on any atom is -0.508 e. The number of nitrogens with zero attached hydrogens (tertiary/aromatic N) is 1. The molecule has 0 heterocycles. The van der Waals surface area contributed by atoms with Gasteiger partial charge < -0.3 is 15.1 Å². The Hall–Kier alpha value is -1.06. The summed E-state index contributed by atoms with van der Waals surface area (Å²) in [5, 5.41) is 10.6. The van der Waals surface area contributed by atoms with Crippen LogP contribution in [0.2, 0.25) is 0 Å². The molecule has 1 aromatic carbocycles. The molecule has 2 N–H and O–H groups in total. The number of phenolic OH excluding ortho intramolecular Hbond substituents is 1. The van der Waals surface area contributed by atoms with Gasteiger partial charge in [-0.2, -0.15) is 0 Å². The van der Waals surface area contributed by atoms with Gasteiger partial charge in [0, 0.05) is 5.41 Å². The van der Waals surface area contributed by atoms with E-state index < -0.39 is 5.60 Å². The van der Waals surface area contributed by atoms with Gasteiger partial charge in [-0.05, 0) is 80.8 Å². The van der Waals surface area contributed by atoms with Crippen LogP contribution in [0.5, 0.6) is 5.75 Å². The van der Waals surface area contributed by atoms with Crippen molar-refractivity contribution in [3.05, 3.63) is 29.3 Å². The Kier molecular flexibility index (Phi) is 5.53. The van der Waals surface area contributed by atoms with Crippen LogP contribution in [-0.2, 0) is 5.41 Å². The third-order valence-electron chi connectivity index (χ3n) is 8.31. The van der Waals surface area contributed by atoms with E-state index in [1.165, 1.54) is 5.56 Å². The smallest absolute Gasteiger partial charge is 0.293 e. The highest BCUT2D eigenvalue weighted by molar-refractivity contribution is 5.40. The van der Waals surface area contributed by atoms with Crippen LogP contribution in [0.25, 0.3) is 0 Å². The molecule has 4 unspecified atom stereocenters. The third kappa shape index (κ3) is 3.78. The molecule has 0 aliphatic heterocycles. The van der Waals surface area contributed by atoms with Gasteiger partial charge in [0.15, 0.2) is 0 Å². The average molecular weight is 378 g/mol. The third-order valence-corrected chi connectivity index (χ3v) is 8.31. The quantitative estimate of drug-likeness (QED) is 0.660. The molecule has 1 aromatic rings. The maximum absolute atomic E-state index is 8.32. The van der Waals surface area contributed by atoms with E-state index in [9.17, 15) is 0 Å². The van der Waals surface area contributed by atoms with Crippen molar-refractivity contribution in [2.24, 2.45) is 17.3 Å². The minimum absolute atomic E-state index is 0.0799. The molecular formula is C24H41NO2. The Labute approximate surface area is 169 Å². The van der Waals surface area contributed by atoms with E-state index in [2.05, 4.69) is 65.6 Å². The van der Waals surface area contributed by atoms with E-state index >= 15 is 0 Å². The number of aromatic hydroxyl groups is 1. The van der Waals surface area contributed by atoms with Crippen LogP contribution in [0.4, 0.5) is 0 Å². The van der Waals surface area contributed by atoms with Gasteiger partial charge >= 0.3 is 0 Å². The van der Waals surface area contributed by atoms with Crippen LogP contribution in [-0.4, -0.2) is 43.7 Å². The van der Waals surface area contributed by atoms with E-state index in [1.807, 2.05) is 13.0 Å². The van der Waals surface area contributed by atoms with E-state index in [0.717, 1.165) is 37.9 Å². The summed E-state index contributed by atoms with van der Waals surface area (Å²) in [4.78, 5) is 2.32. The molecule has 154 valence electrons. The molecule has 0 spiro atoms. The summed E-state index contributed by atoms with van der Waals surface area (Å²) in [6.45, 7) is 17.6. The zero-order valence-corrected chi connectivity index (χ0v) is 18.7. The number of rotatable bonds is 8. The first-order chi connectivity index (χ1) is 13.5. The number of hydrogen-bond donors (Lipinski definition) is 2. The summed E-state index contributed by atoms with van der Waals surface area (Å²) >= 11 is 0. The van der Waals surface area contributed by atoms with Gasteiger partial charge in [0.1, 0.15) is 5.75 Å². The van der Waals surface area contributed by atoms with Crippen LogP contribution in [0.1, 0.15) is 71.9 Å². The van der Waals surface area contributed by atoms with Crippen molar-refractivity contribution in [2.45, 2.75) is 78.7 Å². The van der Waals surface area contributed by atoms with Gasteiger partial charge in [0.2, 0.25) is 1.43 Å². The molecule has 0 radical (unpaired) electrons. The Balaban J connectivity index is 2.63. The second-order valence-corrected chi connectivity index (χ2v) is 9.83. The van der Waals surface area contributed by atoms with Gasteiger partial charge in [-0.3, -0.25) is 0 Å². The van der Waals surface area contributed by atoms with Crippen molar-refractivity contribution in [3.63, 3.8) is 0 Å². The lowest BCUT2D eigenvalue weighted by Crippen LogP contribution is -2.62. The lowest BCUT2D eigenvalue weighted by atomic mass is 9.49. The van der Waals surface area contributed by atoms with E-state index in [4.69, 9.17) is 13.1 Å². The molecule has 1 fully saturated rings. The van der Waals surface area contributed by atoms with Crippen molar-refractivity contribution in [3.8, 4) is 5.75 Å². The van der Waals surface area contributed by atoms with Crippen LogP contribution in [0, 0.1) is 24.2 Å². The number of hydrogen-bond acceptors (Lipinski definition) is 3. The number of benzene rings is 1. The molecule has 3 nitrogen and oxygen atoms in total. The Morgan fingerprint density at radius 1 is 1.33 bits per heavy atom. The van der Waals surface area contributed by atoms with Crippen LogP contribution < -0.4 is 0 Å². The summed E-state index contributed by atoms with van der Waals surface area (Å²) in [5.74, 6) is 1.39. The van der Waals surface area contributed by atoms with Crippen molar-refractivity contribution in [1.29, 1.82) is 2.86 Å². The fourth-order valence-electron chi connectivity index (χ4n) is 4.97. The maximum atomic E-state index is 8.32. The lowest BCUT2D eigenvalue weighted by molar-refractivity contribution is -0.161. The summed E-state index contributed by atoms with van der Waals surface area (Å²) in [7, 11) is 2.15. The molecule has 1 aliphatic rings. The zero-order chi connectivity index (χ0) is 22.0. The SMILES string of the molecule is [2H]Oc1ccc(C(C)(CCN(C)CC)C2(O[2H])CCC(C)C(C)(C)C2C)cc1C. The second-order valence-electron chi connectivity index (χ2n) is 9.83. The first-order valence-corrected chi connectivity index (χ1v) is 10.6. The molecule has 1 aliphatic carbocycles. The standard InChI is InChI=1S/C24H41NO2/c1-9-25(8)15-14-23(7,20-10-11-21(26)17(2)16-20)24(27)13-12-18(3)22(5,6)19(24)4/h10-11,16,18-19,26-27H,9,12-15H2,1-8H3/i27D/hD. The normalized spacial score (nSPS) is 31.1. The van der Waals surface area contributed by atoms with Gasteiger partial charge in [-0.1, -0.05) is 53.7 Å². The molecule has 0 bridgehead atoms. The molecule has 27 heavy (non-hydrogen) atoms. The lowest BCUT2D eigenvalue weighted by Gasteiger charge is -2.59. The summed E-state index contributed by atoms with van der Waals surface area (Å²) in [6.07, 6.45) is 2.85. The molecular weight excluding hydrogens is 334 g/mol. The van der Waals surface area contributed by atoms with Gasteiger partial charge in [0.05, 0.1) is 5.60 Å². The molecule has 0 amide bonds. The fourth-order valence-corrected chi connectivity index (χ4v) is 4.97. The highest BCUT2D eigenvalue weighted by Gasteiger charge is 2.58. The monoisotopic (exact) mass is 377 g/mol. The fraction of sp³-hybridized carbons (Fsp3) is 0.750. The molecule has 0 saturated heterocycles. The maximum Gasteiger partial charge on any atom is 0.293 e. The van der Waals surface area contributed by atoms with Crippen LogP contribution in [0.3, 0.4) is 0 Å².